The Balaban J connectivity index is 1.67. The van der Waals surface area contributed by atoms with Gasteiger partial charge in [-0.3, -0.25) is 24.0 Å². The predicted molar refractivity (Wildman–Crippen MR) is 150 cm³/mol. The number of imide groups is 1. The number of nitrogens with one attached hydrogen (secondary N) is 1. The minimum Gasteiger partial charge on any atom is -0.345 e. The molecule has 0 aliphatic carbocycles. The summed E-state index contributed by atoms with van der Waals surface area (Å²) in [6.07, 6.45) is 0.948. The lowest BCUT2D eigenvalue weighted by Crippen LogP contribution is -2.54. The molecule has 1 aromatic carbocycles. The maximum Gasteiger partial charge on any atom is 0.240 e. The first-order valence-electron chi connectivity index (χ1n) is 13.3. The number of anilines is 2. The van der Waals surface area contributed by atoms with Crippen molar-refractivity contribution in [3.05, 3.63) is 46.2 Å². The van der Waals surface area contributed by atoms with E-state index in [0.29, 0.717) is 17.8 Å². The number of nitrogens with zero attached hydrogens (tertiary/aromatic N) is 2. The number of rotatable bonds is 10. The van der Waals surface area contributed by atoms with Gasteiger partial charge >= 0.3 is 0 Å². The molecule has 2 atom stereocenters. The zero-order chi connectivity index (χ0) is 28.5. The summed E-state index contributed by atoms with van der Waals surface area (Å²) in [5, 5.41) is 6.66. The largest absolute Gasteiger partial charge is 0.345 e. The van der Waals surface area contributed by atoms with Crippen LogP contribution in [-0.4, -0.2) is 41.0 Å². The number of carbonyl (C=O) groups excluding carboxylic acids is 5. The van der Waals surface area contributed by atoms with Crippen molar-refractivity contribution >= 4 is 52.1 Å². The van der Waals surface area contributed by atoms with E-state index in [1.165, 1.54) is 16.2 Å². The van der Waals surface area contributed by atoms with E-state index in [2.05, 4.69) is 5.32 Å². The number of hydrogen-bond donors (Lipinski definition) is 2. The Labute approximate surface area is 232 Å². The zero-order valence-corrected chi connectivity index (χ0v) is 23.7. The smallest absolute Gasteiger partial charge is 0.240 e. The van der Waals surface area contributed by atoms with Crippen LogP contribution < -0.4 is 20.9 Å². The average molecular weight is 553 g/mol. The average Bonchev–Trinajstić information content (AvgIpc) is 3.49. The van der Waals surface area contributed by atoms with Crippen LogP contribution in [0.5, 0.6) is 0 Å². The molecule has 208 valence electrons. The third-order valence-corrected chi connectivity index (χ3v) is 7.83. The summed E-state index contributed by atoms with van der Waals surface area (Å²) in [6.45, 7) is 7.34. The first-order chi connectivity index (χ1) is 18.4. The summed E-state index contributed by atoms with van der Waals surface area (Å²) in [5.74, 6) is -1.99. The second-order valence-corrected chi connectivity index (χ2v) is 12.2. The maximum absolute atomic E-state index is 14.0. The first kappa shape index (κ1) is 28.6. The quantitative estimate of drug-likeness (QED) is 0.435. The second kappa shape index (κ2) is 11.4. The van der Waals surface area contributed by atoms with E-state index in [9.17, 15) is 24.0 Å². The third-order valence-electron chi connectivity index (χ3n) is 7.10. The van der Waals surface area contributed by atoms with E-state index >= 15 is 0 Å². The van der Waals surface area contributed by atoms with E-state index in [1.54, 1.807) is 30.9 Å². The van der Waals surface area contributed by atoms with Gasteiger partial charge in [0.2, 0.25) is 23.6 Å². The molecule has 1 saturated heterocycles. The van der Waals surface area contributed by atoms with Gasteiger partial charge in [0.15, 0.2) is 5.78 Å². The van der Waals surface area contributed by atoms with Crippen LogP contribution in [0.15, 0.2) is 35.0 Å². The molecule has 10 heteroatoms. The van der Waals surface area contributed by atoms with Crippen LogP contribution in [0.1, 0.15) is 64.5 Å². The van der Waals surface area contributed by atoms with Crippen LogP contribution in [0, 0.1) is 11.8 Å². The maximum atomic E-state index is 14.0. The van der Waals surface area contributed by atoms with Crippen LogP contribution >= 0.6 is 11.3 Å². The molecule has 0 radical (unpaired) electrons. The standard InChI is InChI=1S/C29H36N4O5S/c1-17(2)12-21(31-28(38)29(3,4)30)23(34)14-20-13-19-6-5-7-22(33-24(35)8-9-25(33)36)26(19)32(27(20)37)15-18-10-11-39-16-18/h5-7,10-11,16-17,20-21H,8-9,12-15,30H2,1-4H3,(H,31,38)/t20?,21-/m1/s1. The molecular formula is C29H36N4O5S. The number of Topliss-reactive ketones (excluding diaryl/α,β-unsaturated/α-hetero) is 1. The number of nitrogens with two attached hydrogens (primary N) is 1. The van der Waals surface area contributed by atoms with Gasteiger partial charge < -0.3 is 16.0 Å². The minimum absolute atomic E-state index is 0.0487. The van der Waals surface area contributed by atoms with Crippen LogP contribution in [0.25, 0.3) is 0 Å². The molecule has 4 rings (SSSR count). The van der Waals surface area contributed by atoms with Crippen molar-refractivity contribution < 1.29 is 24.0 Å². The minimum atomic E-state index is -1.15. The van der Waals surface area contributed by atoms with Gasteiger partial charge in [-0.2, -0.15) is 11.3 Å². The highest BCUT2D eigenvalue weighted by Gasteiger charge is 2.41. The summed E-state index contributed by atoms with van der Waals surface area (Å²) in [5.41, 5.74) is 7.45. The fourth-order valence-electron chi connectivity index (χ4n) is 5.12. The summed E-state index contributed by atoms with van der Waals surface area (Å²) < 4.78 is 0. The van der Waals surface area contributed by atoms with Crippen LogP contribution in [0.4, 0.5) is 11.4 Å². The van der Waals surface area contributed by atoms with Crippen LogP contribution in [0.3, 0.4) is 0 Å². The van der Waals surface area contributed by atoms with Gasteiger partial charge in [0.05, 0.1) is 29.5 Å². The highest BCUT2D eigenvalue weighted by atomic mass is 32.1. The van der Waals surface area contributed by atoms with Gasteiger partial charge in [0.25, 0.3) is 0 Å². The van der Waals surface area contributed by atoms with Crippen LogP contribution in [-0.2, 0) is 36.9 Å². The molecule has 2 aliphatic rings. The van der Waals surface area contributed by atoms with Crippen molar-refractivity contribution in [3.63, 3.8) is 0 Å². The molecule has 1 aromatic heterocycles. The van der Waals surface area contributed by atoms with Gasteiger partial charge in [-0.05, 0) is 66.6 Å². The van der Waals surface area contributed by atoms with Crippen LogP contribution in [0.2, 0.25) is 0 Å². The zero-order valence-electron chi connectivity index (χ0n) is 22.9. The number of hydrogen-bond acceptors (Lipinski definition) is 7. The summed E-state index contributed by atoms with van der Waals surface area (Å²) in [7, 11) is 0. The highest BCUT2D eigenvalue weighted by molar-refractivity contribution is 7.07. The Kier molecular flexibility index (Phi) is 8.37. The molecule has 0 saturated carbocycles. The lowest BCUT2D eigenvalue weighted by atomic mass is 9.84. The highest BCUT2D eigenvalue weighted by Crippen LogP contribution is 2.42. The van der Waals surface area contributed by atoms with E-state index in [-0.39, 0.29) is 61.7 Å². The van der Waals surface area contributed by atoms with Gasteiger partial charge in [-0.15, -0.1) is 0 Å². The molecule has 2 aliphatic heterocycles. The normalized spacial score (nSPS) is 18.5. The van der Waals surface area contributed by atoms with E-state index in [4.69, 9.17) is 5.73 Å². The molecular weight excluding hydrogens is 516 g/mol. The first-order valence-corrected chi connectivity index (χ1v) is 14.2. The molecule has 3 heterocycles. The number of thiophene rings is 1. The lowest BCUT2D eigenvalue weighted by molar-refractivity contribution is -0.132. The van der Waals surface area contributed by atoms with Gasteiger partial charge in [0.1, 0.15) is 0 Å². The number of ketones is 1. The van der Waals surface area contributed by atoms with Crippen molar-refractivity contribution in [3.8, 4) is 0 Å². The molecule has 0 bridgehead atoms. The lowest BCUT2D eigenvalue weighted by Gasteiger charge is -2.37. The summed E-state index contributed by atoms with van der Waals surface area (Å²) in [4.78, 5) is 68.2. The van der Waals surface area contributed by atoms with Crippen molar-refractivity contribution in [1.29, 1.82) is 0 Å². The predicted octanol–water partition coefficient (Wildman–Crippen LogP) is 3.33. The van der Waals surface area contributed by atoms with E-state index < -0.39 is 23.4 Å². The van der Waals surface area contributed by atoms with Crippen molar-refractivity contribution in [2.24, 2.45) is 17.6 Å². The Morgan fingerprint density at radius 1 is 1.13 bits per heavy atom. The molecule has 0 spiro atoms. The van der Waals surface area contributed by atoms with E-state index in [1.807, 2.05) is 36.7 Å². The monoisotopic (exact) mass is 552 g/mol. The summed E-state index contributed by atoms with van der Waals surface area (Å²) >= 11 is 1.51. The fourth-order valence-corrected chi connectivity index (χ4v) is 5.78. The number of carbonyl (C=O) groups is 5. The third kappa shape index (κ3) is 6.28. The molecule has 1 fully saturated rings. The van der Waals surface area contributed by atoms with Gasteiger partial charge in [-0.25, -0.2) is 4.90 Å². The van der Waals surface area contributed by atoms with Crippen molar-refractivity contribution in [2.45, 2.75) is 77.9 Å². The SMILES string of the molecule is CC(C)C[C@@H](NC(=O)C(C)(C)N)C(=O)CC1Cc2cccc(N3C(=O)CCC3=O)c2N(Cc2ccsc2)C1=O. The van der Waals surface area contributed by atoms with E-state index in [0.717, 1.165) is 11.1 Å². The number of benzene rings is 1. The number of amides is 4. The molecule has 4 amide bonds. The topological polar surface area (TPSA) is 130 Å². The van der Waals surface area contributed by atoms with Gasteiger partial charge in [0, 0.05) is 25.2 Å². The Bertz CT molecular complexity index is 1270. The summed E-state index contributed by atoms with van der Waals surface area (Å²) in [6, 6.07) is 6.51. The Morgan fingerprint density at radius 3 is 2.41 bits per heavy atom. The molecule has 39 heavy (non-hydrogen) atoms. The molecule has 9 nitrogen and oxygen atoms in total. The Morgan fingerprint density at radius 2 is 1.82 bits per heavy atom. The second-order valence-electron chi connectivity index (χ2n) is 11.4. The molecule has 3 N–H and O–H groups in total. The fraction of sp³-hybridized carbons (Fsp3) is 0.483. The number of para-hydroxylation sites is 1. The molecule has 1 unspecified atom stereocenters. The van der Waals surface area contributed by atoms with Crippen molar-refractivity contribution in [2.75, 3.05) is 9.80 Å². The van der Waals surface area contributed by atoms with Crippen molar-refractivity contribution in [1.82, 2.24) is 5.32 Å². The Hall–Kier alpha value is -3.37. The number of fused-ring (bicyclic) bond motifs is 1. The molecule has 2 aromatic rings. The van der Waals surface area contributed by atoms with Gasteiger partial charge in [-0.1, -0.05) is 26.0 Å².